The number of alkyl halides is 1. The molecule has 0 unspecified atom stereocenters. The molecule has 2 heterocycles. The van der Waals surface area contributed by atoms with Gasteiger partial charge in [0, 0.05) is 18.0 Å². The Kier molecular flexibility index (Phi) is 4.84. The molecule has 2 rings (SSSR count). The number of hydrogen-bond donors (Lipinski definition) is 0. The molecule has 1 aliphatic heterocycles. The van der Waals surface area contributed by atoms with Gasteiger partial charge in [-0.05, 0) is 36.8 Å². The van der Waals surface area contributed by atoms with Crippen LogP contribution in [-0.2, 0) is 15.9 Å². The van der Waals surface area contributed by atoms with E-state index in [1.807, 2.05) is 6.92 Å². The Morgan fingerprint density at radius 2 is 2.00 bits per heavy atom. The summed E-state index contributed by atoms with van der Waals surface area (Å²) in [7, 11) is -3.34. The quantitative estimate of drug-likeness (QED) is 0.780. The predicted molar refractivity (Wildman–Crippen MR) is 85.0 cm³/mol. The Morgan fingerprint density at radius 1 is 1.40 bits per heavy atom. The molecule has 0 bridgehead atoms. The highest BCUT2D eigenvalue weighted by atomic mass is 35.5. The molecule has 20 heavy (non-hydrogen) atoms. The average molecular weight is 336 g/mol. The van der Waals surface area contributed by atoms with Gasteiger partial charge in [0.25, 0.3) is 10.0 Å². The first-order chi connectivity index (χ1) is 9.32. The number of rotatable bonds is 4. The molecule has 1 aromatic rings. The summed E-state index contributed by atoms with van der Waals surface area (Å²) in [5.41, 5.74) is 1.26. The minimum atomic E-state index is -3.34. The zero-order valence-corrected chi connectivity index (χ0v) is 14.7. The van der Waals surface area contributed by atoms with Gasteiger partial charge in [-0.2, -0.15) is 4.31 Å². The fourth-order valence-corrected chi connectivity index (χ4v) is 5.91. The first-order valence-corrected chi connectivity index (χ1v) is 9.77. The predicted octanol–water partition coefficient (Wildman–Crippen LogP) is 4.00. The molecule has 0 radical (unpaired) electrons. The maximum absolute atomic E-state index is 12.7. The van der Waals surface area contributed by atoms with Gasteiger partial charge in [0.15, 0.2) is 0 Å². The molecule has 0 spiro atoms. The Bertz CT molecular complexity index is 572. The SMILES string of the molecule is CCC1(C)CCN(S(=O)(=O)c2cc(C)c(CCl)s2)CC1. The van der Waals surface area contributed by atoms with Crippen molar-refractivity contribution >= 4 is 33.0 Å². The number of aryl methyl sites for hydroxylation is 1. The number of sulfonamides is 1. The van der Waals surface area contributed by atoms with Crippen molar-refractivity contribution in [3.63, 3.8) is 0 Å². The summed E-state index contributed by atoms with van der Waals surface area (Å²) in [6.45, 7) is 7.59. The molecule has 0 saturated carbocycles. The van der Waals surface area contributed by atoms with Crippen LogP contribution in [0.4, 0.5) is 0 Å². The first kappa shape index (κ1) is 16.3. The Hall–Kier alpha value is -0.100. The molecule has 0 atom stereocenters. The van der Waals surface area contributed by atoms with Crippen molar-refractivity contribution < 1.29 is 8.42 Å². The summed E-state index contributed by atoms with van der Waals surface area (Å²) >= 11 is 7.14. The summed E-state index contributed by atoms with van der Waals surface area (Å²) in [6.07, 6.45) is 2.99. The molecule has 0 amide bonds. The molecule has 114 valence electrons. The molecule has 6 heteroatoms. The van der Waals surface area contributed by atoms with Crippen LogP contribution in [0.25, 0.3) is 0 Å². The number of hydrogen-bond acceptors (Lipinski definition) is 3. The van der Waals surface area contributed by atoms with E-state index in [1.54, 1.807) is 10.4 Å². The smallest absolute Gasteiger partial charge is 0.206 e. The maximum atomic E-state index is 12.7. The monoisotopic (exact) mass is 335 g/mol. The summed E-state index contributed by atoms with van der Waals surface area (Å²) in [5.74, 6) is 0.375. The van der Waals surface area contributed by atoms with E-state index in [-0.39, 0.29) is 0 Å². The lowest BCUT2D eigenvalue weighted by Gasteiger charge is -2.37. The number of piperidine rings is 1. The summed E-state index contributed by atoms with van der Waals surface area (Å²) in [5, 5.41) is 0. The third kappa shape index (κ3) is 3.06. The number of nitrogens with zero attached hydrogens (tertiary/aromatic N) is 1. The molecule has 3 nitrogen and oxygen atoms in total. The lowest BCUT2D eigenvalue weighted by molar-refractivity contribution is 0.169. The second-order valence-electron chi connectivity index (χ2n) is 5.87. The van der Waals surface area contributed by atoms with Crippen LogP contribution in [0.5, 0.6) is 0 Å². The summed E-state index contributed by atoms with van der Waals surface area (Å²) < 4.78 is 27.4. The van der Waals surface area contributed by atoms with Gasteiger partial charge in [-0.1, -0.05) is 20.3 Å². The van der Waals surface area contributed by atoms with Gasteiger partial charge in [0.2, 0.25) is 0 Å². The molecular formula is C14H22ClNO2S2. The lowest BCUT2D eigenvalue weighted by Crippen LogP contribution is -2.41. The van der Waals surface area contributed by atoms with E-state index in [2.05, 4.69) is 13.8 Å². The maximum Gasteiger partial charge on any atom is 0.252 e. The Labute approximate surface area is 131 Å². The van der Waals surface area contributed by atoms with Gasteiger partial charge in [-0.25, -0.2) is 8.42 Å². The second kappa shape index (κ2) is 5.95. The van der Waals surface area contributed by atoms with E-state index in [4.69, 9.17) is 11.6 Å². The van der Waals surface area contributed by atoms with Gasteiger partial charge in [-0.3, -0.25) is 0 Å². The molecule has 1 fully saturated rings. The highest BCUT2D eigenvalue weighted by Gasteiger charge is 2.35. The van der Waals surface area contributed by atoms with Gasteiger partial charge >= 0.3 is 0 Å². The van der Waals surface area contributed by atoms with Gasteiger partial charge in [-0.15, -0.1) is 22.9 Å². The minimum Gasteiger partial charge on any atom is -0.206 e. The molecule has 0 aromatic carbocycles. The third-order valence-electron chi connectivity index (χ3n) is 4.50. The molecule has 0 N–H and O–H groups in total. The van der Waals surface area contributed by atoms with E-state index < -0.39 is 10.0 Å². The minimum absolute atomic E-state index is 0.290. The zero-order valence-electron chi connectivity index (χ0n) is 12.3. The van der Waals surface area contributed by atoms with Crippen LogP contribution in [0.15, 0.2) is 10.3 Å². The van der Waals surface area contributed by atoms with Gasteiger partial charge < -0.3 is 0 Å². The van der Waals surface area contributed by atoms with Crippen molar-refractivity contribution in [2.75, 3.05) is 13.1 Å². The van der Waals surface area contributed by atoms with E-state index in [9.17, 15) is 8.42 Å². The van der Waals surface area contributed by atoms with Crippen LogP contribution < -0.4 is 0 Å². The van der Waals surface area contributed by atoms with Crippen molar-refractivity contribution in [3.05, 3.63) is 16.5 Å². The first-order valence-electron chi connectivity index (χ1n) is 6.98. The largest absolute Gasteiger partial charge is 0.252 e. The van der Waals surface area contributed by atoms with Gasteiger partial charge in [0.05, 0.1) is 5.88 Å². The number of thiophene rings is 1. The standard InChI is InChI=1S/C14H22ClNO2S2/c1-4-14(3)5-7-16(8-6-14)20(17,18)13-9-11(2)12(10-15)19-13/h9H,4-8,10H2,1-3H3. The fraction of sp³-hybridized carbons (Fsp3) is 0.714. The molecule has 1 saturated heterocycles. The average Bonchev–Trinajstić information content (AvgIpc) is 2.81. The van der Waals surface area contributed by atoms with Crippen molar-refractivity contribution in [2.24, 2.45) is 5.41 Å². The van der Waals surface area contributed by atoms with E-state index in [1.165, 1.54) is 11.3 Å². The normalized spacial score (nSPS) is 20.2. The van der Waals surface area contributed by atoms with Crippen LogP contribution in [-0.4, -0.2) is 25.8 Å². The lowest BCUT2D eigenvalue weighted by atomic mass is 9.79. The number of halogens is 1. The van der Waals surface area contributed by atoms with Gasteiger partial charge in [0.1, 0.15) is 4.21 Å². The second-order valence-corrected chi connectivity index (χ2v) is 9.44. The van der Waals surface area contributed by atoms with Crippen LogP contribution in [0.2, 0.25) is 0 Å². The van der Waals surface area contributed by atoms with Crippen LogP contribution in [0.1, 0.15) is 43.6 Å². The topological polar surface area (TPSA) is 37.4 Å². The summed E-state index contributed by atoms with van der Waals surface area (Å²) in [6, 6.07) is 1.76. The van der Waals surface area contributed by atoms with E-state index in [0.717, 1.165) is 29.7 Å². The Balaban J connectivity index is 2.19. The fourth-order valence-electron chi connectivity index (χ4n) is 2.50. The van der Waals surface area contributed by atoms with Crippen molar-refractivity contribution in [3.8, 4) is 0 Å². The summed E-state index contributed by atoms with van der Waals surface area (Å²) in [4.78, 5) is 0.945. The van der Waals surface area contributed by atoms with Crippen molar-refractivity contribution in [1.82, 2.24) is 4.31 Å². The highest BCUT2D eigenvalue weighted by molar-refractivity contribution is 7.91. The molecule has 1 aliphatic rings. The van der Waals surface area contributed by atoms with Crippen LogP contribution in [0, 0.1) is 12.3 Å². The highest BCUT2D eigenvalue weighted by Crippen LogP contribution is 2.37. The molecular weight excluding hydrogens is 314 g/mol. The van der Waals surface area contributed by atoms with E-state index in [0.29, 0.717) is 28.6 Å². The zero-order chi connectivity index (χ0) is 15.0. The van der Waals surface area contributed by atoms with Crippen LogP contribution in [0.3, 0.4) is 0 Å². The third-order valence-corrected chi connectivity index (χ3v) is 8.51. The molecule has 0 aliphatic carbocycles. The Morgan fingerprint density at radius 3 is 2.45 bits per heavy atom. The van der Waals surface area contributed by atoms with Crippen LogP contribution >= 0.6 is 22.9 Å². The molecule has 1 aromatic heterocycles. The van der Waals surface area contributed by atoms with Crippen molar-refractivity contribution in [1.29, 1.82) is 0 Å². The van der Waals surface area contributed by atoms with Crippen molar-refractivity contribution in [2.45, 2.75) is 50.1 Å². The van der Waals surface area contributed by atoms with E-state index >= 15 is 0 Å².